The lowest BCUT2D eigenvalue weighted by Crippen LogP contribution is -2.42. The quantitative estimate of drug-likeness (QED) is 0.925. The van der Waals surface area contributed by atoms with Crippen molar-refractivity contribution in [2.24, 2.45) is 0 Å². The summed E-state index contributed by atoms with van der Waals surface area (Å²) >= 11 is 0. The molecule has 2 heterocycles. The Balaban J connectivity index is 1.58. The van der Waals surface area contributed by atoms with Gasteiger partial charge in [-0.3, -0.25) is 9.69 Å². The second kappa shape index (κ2) is 7.35. The van der Waals surface area contributed by atoms with Gasteiger partial charge in [-0.15, -0.1) is 0 Å². The second-order valence-corrected chi connectivity index (χ2v) is 7.06. The monoisotopic (exact) mass is 315 g/mol. The summed E-state index contributed by atoms with van der Waals surface area (Å²) in [5, 5.41) is 3.07. The van der Waals surface area contributed by atoms with Crippen molar-refractivity contribution in [3.8, 4) is 0 Å². The van der Waals surface area contributed by atoms with Gasteiger partial charge in [-0.1, -0.05) is 6.42 Å². The minimum Gasteiger partial charge on any atom is -0.371 e. The van der Waals surface area contributed by atoms with E-state index in [1.54, 1.807) is 0 Å². The molecule has 2 aliphatic rings. The molecular weight excluding hydrogens is 286 g/mol. The zero-order chi connectivity index (χ0) is 16.2. The van der Waals surface area contributed by atoms with Gasteiger partial charge in [0.05, 0.1) is 6.54 Å². The minimum atomic E-state index is 0.104. The zero-order valence-corrected chi connectivity index (χ0v) is 14.5. The molecule has 2 saturated heterocycles. The zero-order valence-electron chi connectivity index (χ0n) is 14.5. The van der Waals surface area contributed by atoms with Crippen LogP contribution in [-0.4, -0.2) is 43.0 Å². The molecule has 1 aromatic rings. The third kappa shape index (κ3) is 4.05. The van der Waals surface area contributed by atoms with E-state index in [-0.39, 0.29) is 5.91 Å². The fourth-order valence-corrected chi connectivity index (χ4v) is 3.82. The molecule has 0 aliphatic carbocycles. The lowest BCUT2D eigenvalue weighted by molar-refractivity contribution is -0.118. The molecule has 0 unspecified atom stereocenters. The molecule has 3 rings (SSSR count). The molecule has 0 bridgehead atoms. The smallest absolute Gasteiger partial charge is 0.238 e. The molecule has 2 aliphatic heterocycles. The van der Waals surface area contributed by atoms with Crippen molar-refractivity contribution >= 4 is 17.3 Å². The lowest BCUT2D eigenvalue weighted by Gasteiger charge is -2.32. The molecule has 0 spiro atoms. The number of nitrogens with zero attached hydrogens (tertiary/aromatic N) is 2. The van der Waals surface area contributed by atoms with E-state index in [0.29, 0.717) is 12.6 Å². The van der Waals surface area contributed by atoms with Crippen molar-refractivity contribution in [1.82, 2.24) is 4.90 Å². The number of benzene rings is 1. The van der Waals surface area contributed by atoms with Gasteiger partial charge >= 0.3 is 0 Å². The third-order valence-electron chi connectivity index (χ3n) is 5.21. The first kappa shape index (κ1) is 16.3. The summed E-state index contributed by atoms with van der Waals surface area (Å²) in [5.74, 6) is 0.104. The minimum absolute atomic E-state index is 0.104. The Labute approximate surface area is 139 Å². The molecule has 1 aromatic carbocycles. The van der Waals surface area contributed by atoms with Crippen LogP contribution in [0.4, 0.5) is 11.4 Å². The number of amides is 1. The largest absolute Gasteiger partial charge is 0.371 e. The maximum Gasteiger partial charge on any atom is 0.238 e. The standard InChI is InChI=1S/C19H29N3O/c1-15-13-17(8-9-18(15)21-10-5-6-11-21)20-19(23)14-22-12-4-3-7-16(22)2/h8-9,13,16H,3-7,10-12,14H2,1-2H3,(H,20,23)/t16-/m1/s1. The van der Waals surface area contributed by atoms with Crippen LogP contribution < -0.4 is 10.2 Å². The molecular formula is C19H29N3O. The van der Waals surface area contributed by atoms with Crippen LogP contribution in [-0.2, 0) is 4.79 Å². The summed E-state index contributed by atoms with van der Waals surface area (Å²) in [6, 6.07) is 6.82. The van der Waals surface area contributed by atoms with Crippen LogP contribution in [0.15, 0.2) is 18.2 Å². The van der Waals surface area contributed by atoms with Crippen LogP contribution in [0.1, 0.15) is 44.6 Å². The topological polar surface area (TPSA) is 35.6 Å². The van der Waals surface area contributed by atoms with E-state index in [2.05, 4.69) is 41.1 Å². The molecule has 4 nitrogen and oxygen atoms in total. The molecule has 1 N–H and O–H groups in total. The predicted octanol–water partition coefficient (Wildman–Crippen LogP) is 3.41. The highest BCUT2D eigenvalue weighted by Gasteiger charge is 2.20. The normalized spacial score (nSPS) is 22.3. The molecule has 0 saturated carbocycles. The van der Waals surface area contributed by atoms with Crippen molar-refractivity contribution in [2.75, 3.05) is 36.4 Å². The van der Waals surface area contributed by atoms with E-state index in [1.165, 1.54) is 43.4 Å². The lowest BCUT2D eigenvalue weighted by atomic mass is 10.0. The molecule has 0 radical (unpaired) electrons. The second-order valence-electron chi connectivity index (χ2n) is 7.06. The number of piperidine rings is 1. The van der Waals surface area contributed by atoms with Crippen LogP contribution in [0.25, 0.3) is 0 Å². The highest BCUT2D eigenvalue weighted by molar-refractivity contribution is 5.92. The van der Waals surface area contributed by atoms with Crippen molar-refractivity contribution in [1.29, 1.82) is 0 Å². The molecule has 1 amide bonds. The van der Waals surface area contributed by atoms with Crippen LogP contribution in [0, 0.1) is 6.92 Å². The SMILES string of the molecule is Cc1cc(NC(=O)CN2CCCC[C@H]2C)ccc1N1CCCC1. The molecule has 23 heavy (non-hydrogen) atoms. The Morgan fingerprint density at radius 2 is 1.91 bits per heavy atom. The highest BCUT2D eigenvalue weighted by atomic mass is 16.2. The van der Waals surface area contributed by atoms with Crippen molar-refractivity contribution in [2.45, 2.75) is 52.0 Å². The average Bonchev–Trinajstić information content (AvgIpc) is 3.04. The number of nitrogens with one attached hydrogen (secondary N) is 1. The number of hydrogen-bond acceptors (Lipinski definition) is 3. The summed E-state index contributed by atoms with van der Waals surface area (Å²) in [4.78, 5) is 17.1. The van der Waals surface area contributed by atoms with Gasteiger partial charge in [0.25, 0.3) is 0 Å². The number of carbonyl (C=O) groups excluding carboxylic acids is 1. The number of rotatable bonds is 4. The van der Waals surface area contributed by atoms with Crippen LogP contribution in [0.3, 0.4) is 0 Å². The van der Waals surface area contributed by atoms with E-state index in [4.69, 9.17) is 0 Å². The Morgan fingerprint density at radius 3 is 2.61 bits per heavy atom. The maximum absolute atomic E-state index is 12.3. The van der Waals surface area contributed by atoms with E-state index in [1.807, 2.05) is 6.07 Å². The summed E-state index contributed by atoms with van der Waals surface area (Å²) in [7, 11) is 0. The summed E-state index contributed by atoms with van der Waals surface area (Å²) < 4.78 is 0. The summed E-state index contributed by atoms with van der Waals surface area (Å²) in [6.45, 7) is 8.21. The van der Waals surface area contributed by atoms with Gasteiger partial charge in [-0.05, 0) is 69.8 Å². The first-order chi connectivity index (χ1) is 11.1. The number of hydrogen-bond donors (Lipinski definition) is 1. The van der Waals surface area contributed by atoms with Crippen LogP contribution >= 0.6 is 0 Å². The summed E-state index contributed by atoms with van der Waals surface area (Å²) in [6.07, 6.45) is 6.27. The number of carbonyl (C=O) groups is 1. The van der Waals surface area contributed by atoms with E-state index < -0.39 is 0 Å². The fourth-order valence-electron chi connectivity index (χ4n) is 3.82. The maximum atomic E-state index is 12.3. The number of likely N-dealkylation sites (tertiary alicyclic amines) is 1. The van der Waals surface area contributed by atoms with Crippen LogP contribution in [0.2, 0.25) is 0 Å². The van der Waals surface area contributed by atoms with Gasteiger partial charge in [0.2, 0.25) is 5.91 Å². The van der Waals surface area contributed by atoms with Gasteiger partial charge in [0, 0.05) is 30.5 Å². The molecule has 126 valence electrons. The van der Waals surface area contributed by atoms with E-state index in [0.717, 1.165) is 25.3 Å². The first-order valence-electron chi connectivity index (χ1n) is 9.03. The van der Waals surface area contributed by atoms with Gasteiger partial charge in [0.15, 0.2) is 0 Å². The molecule has 2 fully saturated rings. The number of anilines is 2. The number of aryl methyl sites for hydroxylation is 1. The van der Waals surface area contributed by atoms with E-state index >= 15 is 0 Å². The van der Waals surface area contributed by atoms with Crippen molar-refractivity contribution in [3.05, 3.63) is 23.8 Å². The van der Waals surface area contributed by atoms with Crippen molar-refractivity contribution in [3.63, 3.8) is 0 Å². The molecule has 1 atom stereocenters. The fraction of sp³-hybridized carbons (Fsp3) is 0.632. The highest BCUT2D eigenvalue weighted by Crippen LogP contribution is 2.26. The third-order valence-corrected chi connectivity index (χ3v) is 5.21. The van der Waals surface area contributed by atoms with Gasteiger partial charge in [-0.25, -0.2) is 0 Å². The van der Waals surface area contributed by atoms with Crippen LogP contribution in [0.5, 0.6) is 0 Å². The molecule has 4 heteroatoms. The Hall–Kier alpha value is -1.55. The average molecular weight is 315 g/mol. The van der Waals surface area contributed by atoms with Gasteiger partial charge < -0.3 is 10.2 Å². The van der Waals surface area contributed by atoms with Crippen molar-refractivity contribution < 1.29 is 4.79 Å². The predicted molar refractivity (Wildman–Crippen MR) is 96.1 cm³/mol. The van der Waals surface area contributed by atoms with Gasteiger partial charge in [0.1, 0.15) is 0 Å². The van der Waals surface area contributed by atoms with Gasteiger partial charge in [-0.2, -0.15) is 0 Å². The summed E-state index contributed by atoms with van der Waals surface area (Å²) in [5.41, 5.74) is 3.47. The Kier molecular flexibility index (Phi) is 5.21. The Morgan fingerprint density at radius 1 is 1.17 bits per heavy atom. The molecule has 0 aromatic heterocycles. The van der Waals surface area contributed by atoms with E-state index in [9.17, 15) is 4.79 Å². The first-order valence-corrected chi connectivity index (χ1v) is 9.03. The Bertz CT molecular complexity index is 552.